The molecule has 2 aliphatic rings. The predicted octanol–water partition coefficient (Wildman–Crippen LogP) is 1.44. The predicted molar refractivity (Wildman–Crippen MR) is 129 cm³/mol. The number of Topliss-reactive ketones (excluding diaryl/α,β-unsaturated/α-hetero) is 1. The average molecular weight is 500 g/mol. The van der Waals surface area contributed by atoms with Crippen molar-refractivity contribution in [3.63, 3.8) is 0 Å². The number of ether oxygens (including phenoxy) is 1. The number of nitrogens with one attached hydrogen (secondary N) is 1. The van der Waals surface area contributed by atoms with Gasteiger partial charge in [0, 0.05) is 32.3 Å². The van der Waals surface area contributed by atoms with Crippen LogP contribution in [0.5, 0.6) is 0 Å². The first-order valence-electron chi connectivity index (χ1n) is 11.6. The summed E-state index contributed by atoms with van der Waals surface area (Å²) in [6.07, 6.45) is 0.978. The smallest absolute Gasteiger partial charge is 0.296 e. The van der Waals surface area contributed by atoms with E-state index in [0.717, 1.165) is 15.4 Å². The highest BCUT2D eigenvalue weighted by molar-refractivity contribution is 7.89. The monoisotopic (exact) mass is 499 g/mol. The summed E-state index contributed by atoms with van der Waals surface area (Å²) in [5, 5.41) is 2.74. The Bertz CT molecular complexity index is 1230. The highest BCUT2D eigenvalue weighted by Crippen LogP contribution is 2.34. The van der Waals surface area contributed by atoms with Crippen LogP contribution < -0.4 is 10.2 Å². The van der Waals surface area contributed by atoms with Crippen LogP contribution in [0.25, 0.3) is 0 Å². The Hall–Kier alpha value is -3.08. The molecule has 35 heavy (non-hydrogen) atoms. The Morgan fingerprint density at radius 3 is 2.49 bits per heavy atom. The minimum Gasteiger partial charge on any atom is -0.383 e. The van der Waals surface area contributed by atoms with Gasteiger partial charge in [-0.3, -0.25) is 19.3 Å². The van der Waals surface area contributed by atoms with Crippen molar-refractivity contribution in [3.05, 3.63) is 59.7 Å². The first kappa shape index (κ1) is 25.0. The zero-order valence-corrected chi connectivity index (χ0v) is 20.6. The number of methoxy groups -OCH3 is 1. The van der Waals surface area contributed by atoms with Crippen molar-refractivity contribution in [2.45, 2.75) is 43.2 Å². The maximum atomic E-state index is 13.5. The number of carbonyl (C=O) groups excluding carboxylic acids is 3. The fraction of sp³-hybridized carbons (Fsp3) is 0.400. The molecular formula is C25H29N3O6S. The molecule has 0 aromatic heterocycles. The lowest BCUT2D eigenvalue weighted by Crippen LogP contribution is -2.54. The Kier molecular flexibility index (Phi) is 7.34. The van der Waals surface area contributed by atoms with Crippen LogP contribution in [0.1, 0.15) is 24.0 Å². The van der Waals surface area contributed by atoms with Gasteiger partial charge in [-0.25, -0.2) is 8.42 Å². The second-order valence-electron chi connectivity index (χ2n) is 8.76. The van der Waals surface area contributed by atoms with E-state index in [1.54, 1.807) is 30.3 Å². The van der Waals surface area contributed by atoms with Crippen molar-refractivity contribution >= 4 is 33.3 Å². The summed E-state index contributed by atoms with van der Waals surface area (Å²) in [5.74, 6) is -2.10. The molecule has 10 heteroatoms. The summed E-state index contributed by atoms with van der Waals surface area (Å²) in [7, 11) is -2.45. The first-order chi connectivity index (χ1) is 16.8. The molecule has 9 nitrogen and oxygen atoms in total. The molecule has 1 saturated heterocycles. The minimum absolute atomic E-state index is 0.0807. The van der Waals surface area contributed by atoms with Crippen LogP contribution >= 0.6 is 0 Å². The number of hydrogen-bond donors (Lipinski definition) is 1. The van der Waals surface area contributed by atoms with Gasteiger partial charge in [-0.2, -0.15) is 4.31 Å². The van der Waals surface area contributed by atoms with Gasteiger partial charge in [0.25, 0.3) is 5.91 Å². The molecule has 2 aromatic carbocycles. The molecule has 2 heterocycles. The lowest BCUT2D eigenvalue weighted by atomic mass is 10.1. The van der Waals surface area contributed by atoms with E-state index in [0.29, 0.717) is 18.7 Å². The topological polar surface area (TPSA) is 113 Å². The summed E-state index contributed by atoms with van der Waals surface area (Å²) < 4.78 is 32.7. The van der Waals surface area contributed by atoms with Crippen LogP contribution in [-0.2, 0) is 35.6 Å². The molecule has 1 N–H and O–H groups in total. The minimum atomic E-state index is -3.96. The number of sulfonamides is 1. The Balaban J connectivity index is 1.60. The molecule has 0 spiro atoms. The maximum Gasteiger partial charge on any atom is 0.296 e. The third-order valence-corrected chi connectivity index (χ3v) is 8.37. The van der Waals surface area contributed by atoms with Crippen LogP contribution in [0.15, 0.2) is 53.4 Å². The van der Waals surface area contributed by atoms with Gasteiger partial charge in [0.2, 0.25) is 21.7 Å². The quantitative estimate of drug-likeness (QED) is 0.434. The number of rotatable bonds is 8. The number of fused-ring (bicyclic) bond motifs is 1. The molecule has 2 amide bonds. The lowest BCUT2D eigenvalue weighted by molar-refractivity contribution is -0.139. The number of para-hydroxylation sites is 1. The van der Waals surface area contributed by atoms with Crippen LogP contribution in [-0.4, -0.2) is 69.2 Å². The van der Waals surface area contributed by atoms with Gasteiger partial charge in [0.1, 0.15) is 6.04 Å². The Morgan fingerprint density at radius 2 is 1.77 bits per heavy atom. The van der Waals surface area contributed by atoms with Crippen molar-refractivity contribution in [1.82, 2.24) is 9.62 Å². The lowest BCUT2D eigenvalue weighted by Gasteiger charge is -2.28. The summed E-state index contributed by atoms with van der Waals surface area (Å²) in [6, 6.07) is 11.4. The maximum absolute atomic E-state index is 13.5. The van der Waals surface area contributed by atoms with E-state index in [1.807, 2.05) is 13.0 Å². The van der Waals surface area contributed by atoms with E-state index in [9.17, 15) is 22.8 Å². The first-order valence-corrected chi connectivity index (χ1v) is 13.0. The number of carbonyl (C=O) groups is 3. The normalized spacial score (nSPS) is 20.0. The van der Waals surface area contributed by atoms with Gasteiger partial charge in [-0.1, -0.05) is 35.9 Å². The summed E-state index contributed by atoms with van der Waals surface area (Å²) in [6.45, 7) is 2.58. The molecule has 2 aromatic rings. The zero-order valence-electron chi connectivity index (χ0n) is 19.8. The van der Waals surface area contributed by atoms with Crippen LogP contribution in [0.4, 0.5) is 5.69 Å². The third kappa shape index (κ3) is 4.86. The molecular weight excluding hydrogens is 470 g/mol. The van der Waals surface area contributed by atoms with Crippen LogP contribution in [0.3, 0.4) is 0 Å². The second kappa shape index (κ2) is 10.3. The van der Waals surface area contributed by atoms with E-state index >= 15 is 0 Å². The second-order valence-corrected chi connectivity index (χ2v) is 10.6. The fourth-order valence-corrected chi connectivity index (χ4v) is 6.29. The van der Waals surface area contributed by atoms with Crippen molar-refractivity contribution in [1.29, 1.82) is 0 Å². The molecule has 0 bridgehead atoms. The molecule has 2 aliphatic heterocycles. The molecule has 2 atom stereocenters. The van der Waals surface area contributed by atoms with Gasteiger partial charge in [-0.05, 0) is 43.5 Å². The SMILES string of the molecule is COCCNC(=O)[C@@H]1Cc2ccccc2N1C(=O)C(=O)[C@@H]1CCCN1S(=O)(=O)c1ccc(C)cc1. The van der Waals surface area contributed by atoms with Gasteiger partial charge < -0.3 is 10.1 Å². The molecule has 0 unspecified atom stereocenters. The van der Waals surface area contributed by atoms with E-state index < -0.39 is 39.7 Å². The van der Waals surface area contributed by atoms with Crippen molar-refractivity contribution in [2.75, 3.05) is 31.7 Å². The van der Waals surface area contributed by atoms with Crippen molar-refractivity contribution in [3.8, 4) is 0 Å². The number of hydrogen-bond acceptors (Lipinski definition) is 6. The van der Waals surface area contributed by atoms with Gasteiger partial charge in [0.15, 0.2) is 0 Å². The summed E-state index contributed by atoms with van der Waals surface area (Å²) in [4.78, 5) is 41.2. The van der Waals surface area contributed by atoms with E-state index in [2.05, 4.69) is 5.32 Å². The zero-order chi connectivity index (χ0) is 25.2. The third-order valence-electron chi connectivity index (χ3n) is 6.45. The highest BCUT2D eigenvalue weighted by Gasteiger charge is 2.46. The van der Waals surface area contributed by atoms with Gasteiger partial charge in [0.05, 0.1) is 17.5 Å². The number of amides is 2. The summed E-state index contributed by atoms with van der Waals surface area (Å²) in [5.41, 5.74) is 2.18. The molecule has 0 aliphatic carbocycles. The molecule has 0 saturated carbocycles. The highest BCUT2D eigenvalue weighted by atomic mass is 32.2. The van der Waals surface area contributed by atoms with Crippen LogP contribution in [0.2, 0.25) is 0 Å². The Morgan fingerprint density at radius 1 is 1.06 bits per heavy atom. The number of benzene rings is 2. The number of aryl methyl sites for hydroxylation is 1. The molecule has 4 rings (SSSR count). The summed E-state index contributed by atoms with van der Waals surface area (Å²) >= 11 is 0. The average Bonchev–Trinajstić information content (AvgIpc) is 3.49. The van der Waals surface area contributed by atoms with Crippen molar-refractivity contribution < 1.29 is 27.5 Å². The number of anilines is 1. The number of nitrogens with zero attached hydrogens (tertiary/aromatic N) is 2. The number of ketones is 1. The van der Waals surface area contributed by atoms with E-state index in [-0.39, 0.29) is 30.8 Å². The van der Waals surface area contributed by atoms with Crippen LogP contribution in [0, 0.1) is 6.92 Å². The fourth-order valence-electron chi connectivity index (χ4n) is 4.64. The van der Waals surface area contributed by atoms with Gasteiger partial charge >= 0.3 is 0 Å². The van der Waals surface area contributed by atoms with Gasteiger partial charge in [-0.15, -0.1) is 0 Å². The van der Waals surface area contributed by atoms with E-state index in [4.69, 9.17) is 4.74 Å². The molecule has 1 fully saturated rings. The Labute approximate surface area is 205 Å². The molecule has 0 radical (unpaired) electrons. The largest absolute Gasteiger partial charge is 0.383 e. The van der Waals surface area contributed by atoms with Crippen molar-refractivity contribution in [2.24, 2.45) is 0 Å². The molecule has 186 valence electrons. The van der Waals surface area contributed by atoms with E-state index in [1.165, 1.54) is 24.1 Å². The standard InChI is InChI=1S/C25H29N3O6S/c1-17-9-11-19(12-10-17)35(32,33)27-14-5-8-21(27)23(29)25(31)28-20-7-4-3-6-18(20)16-22(28)24(30)26-13-15-34-2/h3-4,6-7,9-12,21-22H,5,8,13-16H2,1-2H3,(H,26,30)/t21-,22-/m0/s1.